The summed E-state index contributed by atoms with van der Waals surface area (Å²) in [7, 11) is 0. The summed E-state index contributed by atoms with van der Waals surface area (Å²) in [5, 5.41) is 0.512. The maximum absolute atomic E-state index is 5.91. The van der Waals surface area contributed by atoms with Crippen LogP contribution >= 0.6 is 11.6 Å². The molecule has 2 nitrogen and oxygen atoms in total. The van der Waals surface area contributed by atoms with Crippen LogP contribution in [-0.4, -0.2) is 11.1 Å². The van der Waals surface area contributed by atoms with E-state index in [9.17, 15) is 0 Å². The lowest BCUT2D eigenvalue weighted by Crippen LogP contribution is -2.28. The van der Waals surface area contributed by atoms with Gasteiger partial charge in [-0.1, -0.05) is 25.4 Å². The molecule has 0 spiro atoms. The highest BCUT2D eigenvalue weighted by Crippen LogP contribution is 2.31. The van der Waals surface area contributed by atoms with Crippen LogP contribution in [0, 0.1) is 11.8 Å². The van der Waals surface area contributed by atoms with Crippen molar-refractivity contribution in [2.75, 3.05) is 0 Å². The second-order valence-corrected chi connectivity index (χ2v) is 5.21. The summed E-state index contributed by atoms with van der Waals surface area (Å²) in [6.07, 6.45) is 5.59. The van der Waals surface area contributed by atoms with Crippen molar-refractivity contribution in [3.8, 4) is 5.75 Å². The average molecular weight is 240 g/mol. The van der Waals surface area contributed by atoms with Gasteiger partial charge in [0.2, 0.25) is 0 Å². The van der Waals surface area contributed by atoms with E-state index < -0.39 is 0 Å². The zero-order chi connectivity index (χ0) is 11.5. The summed E-state index contributed by atoms with van der Waals surface area (Å²) in [5.41, 5.74) is 0. The fraction of sp³-hybridized carbons (Fsp3) is 0.615. The molecule has 3 unspecified atom stereocenters. The Kier molecular flexibility index (Phi) is 3.70. The Hall–Kier alpha value is -0.760. The molecule has 0 bridgehead atoms. The number of hydrogen-bond acceptors (Lipinski definition) is 2. The molecule has 1 aliphatic rings. The zero-order valence-electron chi connectivity index (χ0n) is 9.82. The average Bonchev–Trinajstić information content (AvgIpc) is 2.27. The minimum atomic E-state index is 0.342. The Morgan fingerprint density at radius 2 is 2.06 bits per heavy atom. The molecule has 0 radical (unpaired) electrons. The van der Waals surface area contributed by atoms with Crippen LogP contribution < -0.4 is 4.74 Å². The van der Waals surface area contributed by atoms with Crippen molar-refractivity contribution in [1.82, 2.24) is 4.98 Å². The van der Waals surface area contributed by atoms with Gasteiger partial charge in [0.1, 0.15) is 10.9 Å². The third kappa shape index (κ3) is 2.88. The molecule has 1 fully saturated rings. The molecule has 0 amide bonds. The molecule has 16 heavy (non-hydrogen) atoms. The molecule has 0 aliphatic heterocycles. The first-order valence-electron chi connectivity index (χ1n) is 5.93. The largest absolute Gasteiger partial charge is 0.489 e. The number of halogens is 1. The molecule has 3 atom stereocenters. The standard InChI is InChI=1S/C13H18ClNO/c1-9-3-4-11(7-10(9)2)16-12-5-6-13(14)15-8-12/h5-6,8-11H,3-4,7H2,1-2H3. The van der Waals surface area contributed by atoms with Gasteiger partial charge >= 0.3 is 0 Å². The van der Waals surface area contributed by atoms with Gasteiger partial charge < -0.3 is 4.74 Å². The van der Waals surface area contributed by atoms with Crippen molar-refractivity contribution in [3.05, 3.63) is 23.5 Å². The molecule has 1 heterocycles. The summed E-state index contributed by atoms with van der Waals surface area (Å²) in [6, 6.07) is 3.66. The highest BCUT2D eigenvalue weighted by Gasteiger charge is 2.25. The normalized spacial score (nSPS) is 30.1. The van der Waals surface area contributed by atoms with Gasteiger partial charge in [0.05, 0.1) is 12.3 Å². The second kappa shape index (κ2) is 5.05. The molecular weight excluding hydrogens is 222 g/mol. The van der Waals surface area contributed by atoms with Crippen LogP contribution in [0.4, 0.5) is 0 Å². The van der Waals surface area contributed by atoms with Crippen LogP contribution in [0.2, 0.25) is 5.15 Å². The summed E-state index contributed by atoms with van der Waals surface area (Å²) in [6.45, 7) is 4.63. The molecule has 0 N–H and O–H groups in total. The van der Waals surface area contributed by atoms with Crippen molar-refractivity contribution >= 4 is 11.6 Å². The summed E-state index contributed by atoms with van der Waals surface area (Å²) >= 11 is 5.73. The molecule has 1 aromatic rings. The van der Waals surface area contributed by atoms with E-state index in [0.717, 1.165) is 30.4 Å². The number of hydrogen-bond donors (Lipinski definition) is 0. The monoisotopic (exact) mass is 239 g/mol. The molecule has 1 aliphatic carbocycles. The number of nitrogens with zero attached hydrogens (tertiary/aromatic N) is 1. The highest BCUT2D eigenvalue weighted by molar-refractivity contribution is 6.29. The van der Waals surface area contributed by atoms with E-state index in [-0.39, 0.29) is 0 Å². The van der Waals surface area contributed by atoms with Crippen molar-refractivity contribution in [3.63, 3.8) is 0 Å². The van der Waals surface area contributed by atoms with Gasteiger partial charge in [0, 0.05) is 0 Å². The van der Waals surface area contributed by atoms with Gasteiger partial charge in [0.25, 0.3) is 0 Å². The highest BCUT2D eigenvalue weighted by atomic mass is 35.5. The fourth-order valence-corrected chi connectivity index (χ4v) is 2.34. The van der Waals surface area contributed by atoms with E-state index in [0.29, 0.717) is 11.3 Å². The lowest BCUT2D eigenvalue weighted by atomic mass is 9.80. The van der Waals surface area contributed by atoms with E-state index in [1.807, 2.05) is 6.07 Å². The molecule has 3 heteroatoms. The number of aromatic nitrogens is 1. The van der Waals surface area contributed by atoms with Gasteiger partial charge in [-0.15, -0.1) is 0 Å². The Labute approximate surface area is 102 Å². The Morgan fingerprint density at radius 3 is 2.69 bits per heavy atom. The van der Waals surface area contributed by atoms with Crippen molar-refractivity contribution in [1.29, 1.82) is 0 Å². The molecule has 88 valence electrons. The van der Waals surface area contributed by atoms with Gasteiger partial charge in [-0.25, -0.2) is 4.98 Å². The van der Waals surface area contributed by atoms with Crippen LogP contribution in [-0.2, 0) is 0 Å². The predicted molar refractivity (Wildman–Crippen MR) is 65.8 cm³/mol. The number of rotatable bonds is 2. The molecular formula is C13H18ClNO. The van der Waals surface area contributed by atoms with Gasteiger partial charge in [-0.2, -0.15) is 0 Å². The molecule has 0 saturated heterocycles. The van der Waals surface area contributed by atoms with Crippen molar-refractivity contribution in [2.24, 2.45) is 11.8 Å². The van der Waals surface area contributed by atoms with E-state index in [2.05, 4.69) is 18.8 Å². The van der Waals surface area contributed by atoms with Crippen molar-refractivity contribution in [2.45, 2.75) is 39.2 Å². The summed E-state index contributed by atoms with van der Waals surface area (Å²) in [5.74, 6) is 2.40. The van der Waals surface area contributed by atoms with Crippen LogP contribution in [0.25, 0.3) is 0 Å². The Morgan fingerprint density at radius 1 is 1.25 bits per heavy atom. The first-order valence-corrected chi connectivity index (χ1v) is 6.31. The molecule has 1 saturated carbocycles. The maximum atomic E-state index is 5.91. The van der Waals surface area contributed by atoms with Crippen LogP contribution in [0.3, 0.4) is 0 Å². The van der Waals surface area contributed by atoms with Crippen LogP contribution in [0.5, 0.6) is 5.75 Å². The van der Waals surface area contributed by atoms with Crippen molar-refractivity contribution < 1.29 is 4.74 Å². The zero-order valence-corrected chi connectivity index (χ0v) is 10.6. The van der Waals surface area contributed by atoms with Gasteiger partial charge in [0.15, 0.2) is 0 Å². The first kappa shape index (κ1) is 11.7. The van der Waals surface area contributed by atoms with E-state index in [1.54, 1.807) is 12.3 Å². The second-order valence-electron chi connectivity index (χ2n) is 4.82. The number of ether oxygens (including phenoxy) is 1. The van der Waals surface area contributed by atoms with Crippen LogP contribution in [0.1, 0.15) is 33.1 Å². The third-order valence-electron chi connectivity index (χ3n) is 3.55. The van der Waals surface area contributed by atoms with E-state index >= 15 is 0 Å². The lowest BCUT2D eigenvalue weighted by Gasteiger charge is -2.32. The van der Waals surface area contributed by atoms with Gasteiger partial charge in [-0.05, 0) is 43.2 Å². The molecule has 0 aromatic carbocycles. The van der Waals surface area contributed by atoms with E-state index in [4.69, 9.17) is 16.3 Å². The predicted octanol–water partition coefficient (Wildman–Crippen LogP) is 3.94. The fourth-order valence-electron chi connectivity index (χ4n) is 2.23. The van der Waals surface area contributed by atoms with Gasteiger partial charge in [-0.3, -0.25) is 0 Å². The Bertz CT molecular complexity index is 338. The minimum absolute atomic E-state index is 0.342. The Balaban J connectivity index is 1.93. The van der Waals surface area contributed by atoms with Crippen LogP contribution in [0.15, 0.2) is 18.3 Å². The smallest absolute Gasteiger partial charge is 0.138 e. The summed E-state index contributed by atoms with van der Waals surface area (Å²) < 4.78 is 5.91. The quantitative estimate of drug-likeness (QED) is 0.730. The van der Waals surface area contributed by atoms with E-state index in [1.165, 1.54) is 6.42 Å². The lowest BCUT2D eigenvalue weighted by molar-refractivity contribution is 0.100. The molecule has 2 rings (SSSR count). The molecule has 1 aromatic heterocycles. The first-order chi connectivity index (χ1) is 7.65. The topological polar surface area (TPSA) is 22.1 Å². The summed E-state index contributed by atoms with van der Waals surface area (Å²) in [4.78, 5) is 4.02. The number of pyridine rings is 1. The minimum Gasteiger partial charge on any atom is -0.489 e. The maximum Gasteiger partial charge on any atom is 0.138 e. The third-order valence-corrected chi connectivity index (χ3v) is 3.78. The SMILES string of the molecule is CC1CCC(Oc2ccc(Cl)nc2)CC1C.